The molecule has 0 radical (unpaired) electrons. The number of rotatable bonds is 2. The van der Waals surface area contributed by atoms with E-state index in [0.717, 1.165) is 32.4 Å². The van der Waals surface area contributed by atoms with Gasteiger partial charge in [0.2, 0.25) is 0 Å². The molecule has 1 aliphatic rings. The van der Waals surface area contributed by atoms with Gasteiger partial charge in [-0.25, -0.2) is 20.2 Å². The van der Waals surface area contributed by atoms with Gasteiger partial charge in [-0.3, -0.25) is 5.01 Å². The maximum absolute atomic E-state index is 11.0. The van der Waals surface area contributed by atoms with Gasteiger partial charge in [-0.2, -0.15) is 0 Å². The molecule has 0 aromatic carbocycles. The summed E-state index contributed by atoms with van der Waals surface area (Å²) in [6.07, 6.45) is 6.17. The number of aromatic nitrogens is 2. The molecule has 2 heterocycles. The largest absolute Gasteiger partial charge is 0.476 e. The molecule has 16 heavy (non-hydrogen) atoms. The molecule has 1 saturated heterocycles. The molecule has 6 nitrogen and oxygen atoms in total. The maximum atomic E-state index is 11.0. The summed E-state index contributed by atoms with van der Waals surface area (Å²) in [5.41, 5.74) is 3.16. The Morgan fingerprint density at radius 2 is 2.12 bits per heavy atom. The third-order valence-corrected chi connectivity index (χ3v) is 2.50. The summed E-state index contributed by atoms with van der Waals surface area (Å²) >= 11 is 0. The molecule has 86 valence electrons. The van der Waals surface area contributed by atoms with Gasteiger partial charge in [-0.05, 0) is 12.8 Å². The summed E-state index contributed by atoms with van der Waals surface area (Å²) in [4.78, 5) is 18.9. The van der Waals surface area contributed by atoms with E-state index in [2.05, 4.69) is 15.4 Å². The normalized spacial score (nSPS) is 16.9. The number of hydrazine groups is 1. The summed E-state index contributed by atoms with van der Waals surface area (Å²) in [6, 6.07) is 0. The zero-order valence-electron chi connectivity index (χ0n) is 8.89. The Morgan fingerprint density at radius 1 is 1.31 bits per heavy atom. The average Bonchev–Trinajstić information content (AvgIpc) is 2.57. The number of aromatic carboxylic acids is 1. The van der Waals surface area contributed by atoms with Crippen molar-refractivity contribution in [3.8, 4) is 0 Å². The van der Waals surface area contributed by atoms with Crippen LogP contribution in [-0.2, 0) is 0 Å². The molecule has 0 atom stereocenters. The van der Waals surface area contributed by atoms with E-state index in [1.165, 1.54) is 12.4 Å². The minimum absolute atomic E-state index is 0.00287. The molecule has 2 rings (SSSR count). The Balaban J connectivity index is 2.27. The van der Waals surface area contributed by atoms with Gasteiger partial charge >= 0.3 is 5.97 Å². The molecule has 6 heteroatoms. The van der Waals surface area contributed by atoms with Crippen molar-refractivity contribution in [2.45, 2.75) is 19.3 Å². The summed E-state index contributed by atoms with van der Waals surface area (Å²) in [7, 11) is 0. The Bertz CT molecular complexity index is 375. The van der Waals surface area contributed by atoms with Crippen LogP contribution in [0.1, 0.15) is 29.8 Å². The van der Waals surface area contributed by atoms with Gasteiger partial charge in [-0.1, -0.05) is 6.42 Å². The van der Waals surface area contributed by atoms with E-state index in [1.807, 2.05) is 0 Å². The molecule has 1 fully saturated rings. The number of nitrogens with one attached hydrogen (secondary N) is 1. The van der Waals surface area contributed by atoms with Gasteiger partial charge in [0, 0.05) is 25.5 Å². The third-order valence-electron chi connectivity index (χ3n) is 2.50. The molecule has 0 unspecified atom stereocenters. The van der Waals surface area contributed by atoms with E-state index in [0.29, 0.717) is 5.82 Å². The van der Waals surface area contributed by atoms with Gasteiger partial charge in [0.1, 0.15) is 0 Å². The van der Waals surface area contributed by atoms with E-state index >= 15 is 0 Å². The van der Waals surface area contributed by atoms with Crippen molar-refractivity contribution in [1.82, 2.24) is 15.4 Å². The van der Waals surface area contributed by atoms with E-state index in [1.54, 1.807) is 5.01 Å². The van der Waals surface area contributed by atoms with Crippen molar-refractivity contribution in [3.63, 3.8) is 0 Å². The maximum Gasteiger partial charge on any atom is 0.358 e. The van der Waals surface area contributed by atoms with Crippen LogP contribution in [0.3, 0.4) is 0 Å². The zero-order valence-corrected chi connectivity index (χ0v) is 8.89. The quantitative estimate of drug-likeness (QED) is 0.765. The Kier molecular flexibility index (Phi) is 3.31. The first-order valence-corrected chi connectivity index (χ1v) is 5.34. The van der Waals surface area contributed by atoms with Crippen LogP contribution in [0.5, 0.6) is 0 Å². The Morgan fingerprint density at radius 3 is 2.94 bits per heavy atom. The number of anilines is 1. The van der Waals surface area contributed by atoms with Crippen LogP contribution in [0.2, 0.25) is 0 Å². The van der Waals surface area contributed by atoms with E-state index in [4.69, 9.17) is 5.11 Å². The number of hydrogen-bond donors (Lipinski definition) is 2. The fourth-order valence-corrected chi connectivity index (χ4v) is 1.72. The number of carbonyl (C=O) groups is 1. The lowest BCUT2D eigenvalue weighted by atomic mass is 10.2. The SMILES string of the molecule is O=C(O)c1nccnc1N1CCCCCN1. The van der Waals surface area contributed by atoms with Crippen molar-refractivity contribution < 1.29 is 9.90 Å². The molecule has 0 amide bonds. The fraction of sp³-hybridized carbons (Fsp3) is 0.500. The zero-order chi connectivity index (χ0) is 11.4. The molecule has 0 bridgehead atoms. The molecule has 2 N–H and O–H groups in total. The highest BCUT2D eigenvalue weighted by molar-refractivity contribution is 5.90. The lowest BCUT2D eigenvalue weighted by molar-refractivity contribution is 0.0690. The molecule has 0 saturated carbocycles. The van der Waals surface area contributed by atoms with Crippen LogP contribution in [-0.4, -0.2) is 34.1 Å². The lowest BCUT2D eigenvalue weighted by Crippen LogP contribution is -2.39. The summed E-state index contributed by atoms with van der Waals surface area (Å²) in [6.45, 7) is 1.61. The standard InChI is InChI=1S/C10H14N4O2/c15-10(16)8-9(12-6-5-11-8)14-7-3-1-2-4-13-14/h5-6,13H,1-4,7H2,(H,15,16). The van der Waals surface area contributed by atoms with Crippen LogP contribution in [0.25, 0.3) is 0 Å². The van der Waals surface area contributed by atoms with Crippen molar-refractivity contribution in [2.75, 3.05) is 18.1 Å². The van der Waals surface area contributed by atoms with E-state index in [-0.39, 0.29) is 5.69 Å². The predicted octanol–water partition coefficient (Wildman–Crippen LogP) is 0.670. The van der Waals surface area contributed by atoms with Crippen molar-refractivity contribution in [3.05, 3.63) is 18.1 Å². The van der Waals surface area contributed by atoms with Crippen LogP contribution in [0, 0.1) is 0 Å². The molecule has 1 aromatic rings. The van der Waals surface area contributed by atoms with Gasteiger partial charge in [-0.15, -0.1) is 0 Å². The smallest absolute Gasteiger partial charge is 0.358 e. The summed E-state index contributed by atoms with van der Waals surface area (Å²) in [5.74, 6) is -0.647. The number of hydrogen-bond acceptors (Lipinski definition) is 5. The molecule has 0 spiro atoms. The molecule has 1 aliphatic heterocycles. The number of carboxylic acid groups (broad SMARTS) is 1. The molecular weight excluding hydrogens is 208 g/mol. The minimum atomic E-state index is -1.05. The summed E-state index contributed by atoms with van der Waals surface area (Å²) < 4.78 is 0. The monoisotopic (exact) mass is 222 g/mol. The van der Waals surface area contributed by atoms with Gasteiger partial charge < -0.3 is 5.11 Å². The molecule has 1 aromatic heterocycles. The number of carboxylic acids is 1. The second-order valence-corrected chi connectivity index (χ2v) is 3.65. The van der Waals surface area contributed by atoms with Crippen LogP contribution in [0.15, 0.2) is 12.4 Å². The van der Waals surface area contributed by atoms with E-state index < -0.39 is 5.97 Å². The van der Waals surface area contributed by atoms with Gasteiger partial charge in [0.05, 0.1) is 0 Å². The van der Waals surface area contributed by atoms with E-state index in [9.17, 15) is 4.79 Å². The third kappa shape index (κ3) is 2.27. The first-order valence-electron chi connectivity index (χ1n) is 5.34. The van der Waals surface area contributed by atoms with Gasteiger partial charge in [0.15, 0.2) is 11.5 Å². The molecular formula is C10H14N4O2. The topological polar surface area (TPSA) is 78.3 Å². The van der Waals surface area contributed by atoms with Crippen LogP contribution >= 0.6 is 0 Å². The van der Waals surface area contributed by atoms with Crippen molar-refractivity contribution in [1.29, 1.82) is 0 Å². The van der Waals surface area contributed by atoms with Crippen molar-refractivity contribution >= 4 is 11.8 Å². The summed E-state index contributed by atoms with van der Waals surface area (Å²) in [5, 5.41) is 10.8. The fourth-order valence-electron chi connectivity index (χ4n) is 1.72. The minimum Gasteiger partial charge on any atom is -0.476 e. The van der Waals surface area contributed by atoms with Gasteiger partial charge in [0.25, 0.3) is 0 Å². The molecule has 0 aliphatic carbocycles. The lowest BCUT2D eigenvalue weighted by Gasteiger charge is -2.22. The highest BCUT2D eigenvalue weighted by Crippen LogP contribution is 2.15. The van der Waals surface area contributed by atoms with Crippen molar-refractivity contribution in [2.24, 2.45) is 0 Å². The highest BCUT2D eigenvalue weighted by atomic mass is 16.4. The highest BCUT2D eigenvalue weighted by Gasteiger charge is 2.19. The predicted molar refractivity (Wildman–Crippen MR) is 58.2 cm³/mol. The Labute approximate surface area is 93.3 Å². The Hall–Kier alpha value is -1.69. The number of nitrogens with zero attached hydrogens (tertiary/aromatic N) is 3. The second-order valence-electron chi connectivity index (χ2n) is 3.65. The van der Waals surface area contributed by atoms with Crippen LogP contribution < -0.4 is 10.4 Å². The van der Waals surface area contributed by atoms with Crippen LogP contribution in [0.4, 0.5) is 5.82 Å². The second kappa shape index (κ2) is 4.89. The average molecular weight is 222 g/mol. The first kappa shape index (κ1) is 10.8. The first-order chi connectivity index (χ1) is 7.79.